The Morgan fingerprint density at radius 2 is 1.64 bits per heavy atom. The summed E-state index contributed by atoms with van der Waals surface area (Å²) in [4.78, 5) is 3.57. The number of rotatable bonds is 2. The quantitative estimate of drug-likeness (QED) is 0.417. The molecule has 2 heterocycles. The van der Waals surface area contributed by atoms with Crippen LogP contribution in [0.2, 0.25) is 10.0 Å². The summed E-state index contributed by atoms with van der Waals surface area (Å²) in [5.74, 6) is -7.50. The fourth-order valence-electron chi connectivity index (χ4n) is 2.58. The van der Waals surface area contributed by atoms with Crippen LogP contribution in [0, 0.1) is 29.3 Å². The van der Waals surface area contributed by atoms with Crippen molar-refractivity contribution in [3.8, 4) is 0 Å². The minimum absolute atomic E-state index is 0.0321. The van der Waals surface area contributed by atoms with Gasteiger partial charge in [-0.05, 0) is 12.1 Å². The molecule has 134 valence electrons. The van der Waals surface area contributed by atoms with Crippen molar-refractivity contribution < 1.29 is 26.7 Å². The number of ether oxygens (including phenoxy) is 1. The molecule has 2 aromatic rings. The fraction of sp³-hybridized carbons (Fsp3) is 0.267. The average molecular weight is 399 g/mol. The highest BCUT2D eigenvalue weighted by Crippen LogP contribution is 2.35. The van der Waals surface area contributed by atoms with Gasteiger partial charge in [-0.25, -0.2) is 4.39 Å². The Bertz CT molecular complexity index is 810. The first-order chi connectivity index (χ1) is 11.8. The molecule has 0 saturated carbocycles. The van der Waals surface area contributed by atoms with E-state index in [0.29, 0.717) is 0 Å². The average Bonchev–Trinajstić information content (AvgIpc) is 2.57. The molecular formula is C15H9Cl2F5N2O. The highest BCUT2D eigenvalue weighted by Gasteiger charge is 2.31. The van der Waals surface area contributed by atoms with E-state index in [1.807, 2.05) is 0 Å². The monoisotopic (exact) mass is 398 g/mol. The minimum atomic E-state index is -1.76. The standard InChI is InChI=1S/C15H9Cl2F5N2O/c16-7-4-8(17)9(18)3-6(7)10-5-24(1-2-25-10)13-11(19)14(21)23-15(22)12(13)20/h3-4,10H,1-2,5H2. The second kappa shape index (κ2) is 6.93. The van der Waals surface area contributed by atoms with Crippen LogP contribution in [-0.4, -0.2) is 24.7 Å². The van der Waals surface area contributed by atoms with Crippen molar-refractivity contribution in [1.29, 1.82) is 0 Å². The maximum atomic E-state index is 13.9. The van der Waals surface area contributed by atoms with E-state index in [0.717, 1.165) is 11.0 Å². The second-order valence-corrected chi connectivity index (χ2v) is 6.08. The van der Waals surface area contributed by atoms with Crippen LogP contribution in [-0.2, 0) is 4.74 Å². The molecule has 0 spiro atoms. The molecule has 1 atom stereocenters. The number of anilines is 1. The van der Waals surface area contributed by atoms with E-state index >= 15 is 0 Å². The number of pyridine rings is 1. The molecule has 3 rings (SSSR count). The Balaban J connectivity index is 1.97. The normalized spacial score (nSPS) is 17.9. The molecule has 0 radical (unpaired) electrons. The van der Waals surface area contributed by atoms with Crippen LogP contribution in [0.15, 0.2) is 12.1 Å². The van der Waals surface area contributed by atoms with E-state index in [4.69, 9.17) is 27.9 Å². The molecule has 1 aliphatic heterocycles. The molecule has 1 aliphatic rings. The Hall–Kier alpha value is -1.64. The Kier molecular flexibility index (Phi) is 5.04. The van der Waals surface area contributed by atoms with Gasteiger partial charge >= 0.3 is 0 Å². The molecule has 3 nitrogen and oxygen atoms in total. The zero-order valence-corrected chi connectivity index (χ0v) is 13.8. The van der Waals surface area contributed by atoms with Crippen LogP contribution in [0.3, 0.4) is 0 Å². The molecule has 0 N–H and O–H groups in total. The van der Waals surface area contributed by atoms with E-state index in [1.54, 1.807) is 0 Å². The summed E-state index contributed by atoms with van der Waals surface area (Å²) >= 11 is 11.6. The van der Waals surface area contributed by atoms with Gasteiger partial charge in [0.1, 0.15) is 17.6 Å². The molecule has 25 heavy (non-hydrogen) atoms. The first-order valence-electron chi connectivity index (χ1n) is 7.00. The van der Waals surface area contributed by atoms with E-state index < -0.39 is 41.1 Å². The van der Waals surface area contributed by atoms with Gasteiger partial charge in [0.05, 0.1) is 11.6 Å². The molecule has 1 aromatic heterocycles. The third-order valence-corrected chi connectivity index (χ3v) is 4.36. The molecule has 0 aliphatic carbocycles. The Morgan fingerprint density at radius 3 is 2.28 bits per heavy atom. The van der Waals surface area contributed by atoms with Crippen LogP contribution in [0.25, 0.3) is 0 Å². The van der Waals surface area contributed by atoms with Crippen molar-refractivity contribution in [2.45, 2.75) is 6.10 Å². The summed E-state index contributed by atoms with van der Waals surface area (Å²) in [6.45, 7) is -0.284. The fourth-order valence-corrected chi connectivity index (χ4v) is 3.08. The number of halogens is 7. The van der Waals surface area contributed by atoms with Crippen LogP contribution in [0.5, 0.6) is 0 Å². The van der Waals surface area contributed by atoms with Crippen LogP contribution < -0.4 is 4.90 Å². The van der Waals surface area contributed by atoms with E-state index in [-0.39, 0.29) is 35.3 Å². The van der Waals surface area contributed by atoms with Crippen LogP contribution >= 0.6 is 23.2 Å². The molecular weight excluding hydrogens is 390 g/mol. The summed E-state index contributed by atoms with van der Waals surface area (Å²) in [6.07, 6.45) is -0.883. The second-order valence-electron chi connectivity index (χ2n) is 5.26. The summed E-state index contributed by atoms with van der Waals surface area (Å²) in [5.41, 5.74) is -0.701. The lowest BCUT2D eigenvalue weighted by molar-refractivity contribution is 0.0391. The lowest BCUT2D eigenvalue weighted by Gasteiger charge is -2.35. The van der Waals surface area contributed by atoms with Crippen molar-refractivity contribution in [1.82, 2.24) is 4.98 Å². The lowest BCUT2D eigenvalue weighted by atomic mass is 10.1. The van der Waals surface area contributed by atoms with Crippen molar-refractivity contribution in [2.24, 2.45) is 0 Å². The van der Waals surface area contributed by atoms with Gasteiger partial charge in [0, 0.05) is 23.7 Å². The summed E-state index contributed by atoms with van der Waals surface area (Å²) in [7, 11) is 0. The van der Waals surface area contributed by atoms with Gasteiger partial charge in [0.25, 0.3) is 11.9 Å². The molecule has 1 aromatic carbocycles. The van der Waals surface area contributed by atoms with Gasteiger partial charge in [-0.15, -0.1) is 0 Å². The van der Waals surface area contributed by atoms with Gasteiger partial charge in [0.2, 0.25) is 11.6 Å². The maximum absolute atomic E-state index is 13.9. The number of benzene rings is 1. The predicted octanol–water partition coefficient (Wildman–Crippen LogP) is 4.66. The van der Waals surface area contributed by atoms with E-state index in [9.17, 15) is 22.0 Å². The van der Waals surface area contributed by atoms with Gasteiger partial charge in [-0.1, -0.05) is 23.2 Å². The van der Waals surface area contributed by atoms with Crippen molar-refractivity contribution in [3.63, 3.8) is 0 Å². The lowest BCUT2D eigenvalue weighted by Crippen LogP contribution is -2.40. The van der Waals surface area contributed by atoms with Gasteiger partial charge < -0.3 is 9.64 Å². The number of hydrogen-bond acceptors (Lipinski definition) is 3. The number of aromatic nitrogens is 1. The van der Waals surface area contributed by atoms with E-state index in [1.165, 1.54) is 6.07 Å². The maximum Gasteiger partial charge on any atom is 0.253 e. The number of hydrogen-bond donors (Lipinski definition) is 0. The summed E-state index contributed by atoms with van der Waals surface area (Å²) < 4.78 is 73.6. The predicted molar refractivity (Wildman–Crippen MR) is 81.4 cm³/mol. The highest BCUT2D eigenvalue weighted by molar-refractivity contribution is 6.35. The van der Waals surface area contributed by atoms with Gasteiger partial charge in [-0.3, -0.25) is 0 Å². The summed E-state index contributed by atoms with van der Waals surface area (Å²) in [6, 6.07) is 2.21. The van der Waals surface area contributed by atoms with Gasteiger partial charge in [0.15, 0.2) is 0 Å². The Labute approximate surface area is 148 Å². The smallest absolute Gasteiger partial charge is 0.253 e. The molecule has 1 unspecified atom stereocenters. The zero-order valence-electron chi connectivity index (χ0n) is 12.3. The Morgan fingerprint density at radius 1 is 1.00 bits per heavy atom. The minimum Gasteiger partial charge on any atom is -0.370 e. The van der Waals surface area contributed by atoms with E-state index in [2.05, 4.69) is 4.98 Å². The van der Waals surface area contributed by atoms with Crippen molar-refractivity contribution >= 4 is 28.9 Å². The van der Waals surface area contributed by atoms with Crippen LogP contribution in [0.4, 0.5) is 27.6 Å². The zero-order chi connectivity index (χ0) is 18.3. The van der Waals surface area contributed by atoms with Crippen molar-refractivity contribution in [2.75, 3.05) is 24.6 Å². The molecule has 1 saturated heterocycles. The number of nitrogens with zero attached hydrogens (tertiary/aromatic N) is 2. The third-order valence-electron chi connectivity index (χ3n) is 3.74. The first-order valence-corrected chi connectivity index (χ1v) is 7.76. The molecule has 10 heteroatoms. The van der Waals surface area contributed by atoms with Crippen LogP contribution in [0.1, 0.15) is 11.7 Å². The SMILES string of the molecule is Fc1cc(C2CN(c3c(F)c(F)nc(F)c3F)CCO2)c(Cl)cc1Cl. The largest absolute Gasteiger partial charge is 0.370 e. The number of morpholine rings is 1. The molecule has 0 amide bonds. The van der Waals surface area contributed by atoms with Gasteiger partial charge in [-0.2, -0.15) is 22.5 Å². The third kappa shape index (κ3) is 3.38. The molecule has 1 fully saturated rings. The topological polar surface area (TPSA) is 25.4 Å². The first kappa shape index (κ1) is 18.2. The summed E-state index contributed by atoms with van der Waals surface area (Å²) in [5, 5.41) is -0.108. The van der Waals surface area contributed by atoms with Crippen molar-refractivity contribution in [3.05, 3.63) is 57.1 Å². The molecule has 0 bridgehead atoms. The highest BCUT2D eigenvalue weighted by atomic mass is 35.5.